The smallest absolute Gasteiger partial charge is 0.323 e. The lowest BCUT2D eigenvalue weighted by Crippen LogP contribution is -2.65. The van der Waals surface area contributed by atoms with Gasteiger partial charge in [0.2, 0.25) is 5.91 Å². The van der Waals surface area contributed by atoms with Crippen molar-refractivity contribution in [2.75, 3.05) is 37.7 Å². The van der Waals surface area contributed by atoms with Crippen LogP contribution in [-0.4, -0.2) is 75.0 Å². The van der Waals surface area contributed by atoms with Crippen molar-refractivity contribution in [1.82, 2.24) is 10.2 Å². The molecule has 51 heavy (non-hydrogen) atoms. The number of allylic oxidation sites excluding steroid dienone is 1. The molecular formula is C42H71N3O5S. The molecule has 0 spiro atoms. The number of esters is 1. The highest BCUT2D eigenvalue weighted by atomic mass is 32.2. The Labute approximate surface area is 310 Å². The fourth-order valence-corrected chi connectivity index (χ4v) is 14.2. The molecule has 0 bridgehead atoms. The number of nitrogens with two attached hydrogens (primary N) is 1. The van der Waals surface area contributed by atoms with Gasteiger partial charge in [-0.1, -0.05) is 73.5 Å². The first-order valence-electron chi connectivity index (χ1n) is 20.5. The number of hydrogen-bond donors (Lipinski definition) is 2. The Morgan fingerprint density at radius 1 is 0.882 bits per heavy atom. The molecule has 8 atom stereocenters. The average Bonchev–Trinajstić information content (AvgIpc) is 3.04. The number of nitrogens with zero attached hydrogens (tertiary/aromatic N) is 1. The minimum atomic E-state index is -2.89. The summed E-state index contributed by atoms with van der Waals surface area (Å²) in [6, 6.07) is -0.582. The van der Waals surface area contributed by atoms with Crippen molar-refractivity contribution in [2.24, 2.45) is 56.0 Å². The van der Waals surface area contributed by atoms with Crippen LogP contribution < -0.4 is 11.1 Å². The van der Waals surface area contributed by atoms with Crippen LogP contribution in [0.5, 0.6) is 0 Å². The Hall–Kier alpha value is -1.45. The van der Waals surface area contributed by atoms with Crippen LogP contribution in [0.2, 0.25) is 0 Å². The monoisotopic (exact) mass is 730 g/mol. The maximum absolute atomic E-state index is 14.5. The number of rotatable bonds is 8. The summed E-state index contributed by atoms with van der Waals surface area (Å²) in [6.07, 6.45) is 12.3. The van der Waals surface area contributed by atoms with E-state index >= 15 is 0 Å². The van der Waals surface area contributed by atoms with E-state index < -0.39 is 21.3 Å². The zero-order valence-electron chi connectivity index (χ0n) is 33.6. The van der Waals surface area contributed by atoms with Crippen molar-refractivity contribution in [3.63, 3.8) is 0 Å². The molecule has 0 aromatic rings. The molecule has 9 heteroatoms. The summed E-state index contributed by atoms with van der Waals surface area (Å²) >= 11 is 0. The largest absolute Gasteiger partial charge is 0.461 e. The van der Waals surface area contributed by atoms with Crippen LogP contribution in [0.1, 0.15) is 139 Å². The van der Waals surface area contributed by atoms with E-state index in [2.05, 4.69) is 58.7 Å². The molecule has 8 nitrogen and oxygen atoms in total. The van der Waals surface area contributed by atoms with E-state index in [4.69, 9.17) is 10.5 Å². The Morgan fingerprint density at radius 2 is 1.55 bits per heavy atom. The van der Waals surface area contributed by atoms with Gasteiger partial charge in [-0.3, -0.25) is 9.59 Å². The lowest BCUT2D eigenvalue weighted by atomic mass is 9.34. The normalized spacial score (nSPS) is 40.6. The van der Waals surface area contributed by atoms with Gasteiger partial charge >= 0.3 is 5.97 Å². The molecule has 1 heterocycles. The average molecular weight is 730 g/mol. The Kier molecular flexibility index (Phi) is 10.3. The zero-order valence-corrected chi connectivity index (χ0v) is 34.4. The van der Waals surface area contributed by atoms with Gasteiger partial charge < -0.3 is 20.7 Å². The Bertz CT molecular complexity index is 1510. The third kappa shape index (κ3) is 6.57. The van der Waals surface area contributed by atoms with Crippen molar-refractivity contribution in [1.29, 1.82) is 0 Å². The van der Waals surface area contributed by atoms with Crippen molar-refractivity contribution in [2.45, 2.75) is 152 Å². The van der Waals surface area contributed by atoms with Gasteiger partial charge in [-0.05, 0) is 123 Å². The first-order chi connectivity index (χ1) is 23.6. The number of amides is 1. The number of hydrogen-bond acceptors (Lipinski definition) is 7. The zero-order chi connectivity index (χ0) is 37.4. The van der Waals surface area contributed by atoms with E-state index in [0.717, 1.165) is 70.8 Å². The lowest BCUT2D eigenvalue weighted by molar-refractivity contribution is -0.214. The van der Waals surface area contributed by atoms with Gasteiger partial charge in [0.25, 0.3) is 0 Å². The predicted molar refractivity (Wildman–Crippen MR) is 205 cm³/mol. The summed E-state index contributed by atoms with van der Waals surface area (Å²) in [6.45, 7) is 23.9. The molecule has 3 N–H and O–H groups in total. The number of carbonyl (C=O) groups is 2. The van der Waals surface area contributed by atoms with E-state index in [1.807, 2.05) is 13.8 Å². The van der Waals surface area contributed by atoms with Crippen LogP contribution in [0.3, 0.4) is 0 Å². The molecule has 5 aliphatic carbocycles. The molecule has 290 valence electrons. The van der Waals surface area contributed by atoms with Crippen molar-refractivity contribution >= 4 is 21.7 Å². The number of sulfone groups is 1. The molecular weight excluding hydrogens is 659 g/mol. The number of fused-ring (bicyclic) bond motifs is 6. The predicted octanol–water partition coefficient (Wildman–Crippen LogP) is 7.06. The van der Waals surface area contributed by atoms with Gasteiger partial charge in [-0.2, -0.15) is 0 Å². The van der Waals surface area contributed by atoms with Crippen molar-refractivity contribution in [3.05, 3.63) is 11.1 Å². The summed E-state index contributed by atoms with van der Waals surface area (Å²) < 4.78 is 30.0. The van der Waals surface area contributed by atoms with Gasteiger partial charge in [0, 0.05) is 25.0 Å². The molecule has 6 rings (SSSR count). The molecule has 4 saturated carbocycles. The highest BCUT2D eigenvalue weighted by Gasteiger charge is 2.68. The van der Waals surface area contributed by atoms with Gasteiger partial charge in [0.05, 0.1) is 16.9 Å². The quantitative estimate of drug-likeness (QED) is 0.156. The summed E-state index contributed by atoms with van der Waals surface area (Å²) in [4.78, 5) is 29.7. The molecule has 0 radical (unpaired) electrons. The number of nitrogens with one attached hydrogen (secondary N) is 1. The second-order valence-electron chi connectivity index (χ2n) is 20.5. The minimum Gasteiger partial charge on any atom is -0.461 e. The maximum Gasteiger partial charge on any atom is 0.323 e. The summed E-state index contributed by atoms with van der Waals surface area (Å²) in [5.74, 6) is 1.58. The van der Waals surface area contributed by atoms with Crippen LogP contribution in [0.15, 0.2) is 11.1 Å². The van der Waals surface area contributed by atoms with E-state index in [-0.39, 0.29) is 62.5 Å². The SMILES string of the molecule is CC(C)[C@H](N)C(=O)O[C@H]1CC[C@]2(C)[C@H]3CCC4=C5CC(C)(C)CC[C@]5(C(=O)NCCCN5CCS(=O)(=O)CC5)CC[C@@]4(C)[C@]3(C)CC[C@H]2C1(C)C. The molecule has 5 fully saturated rings. The number of carbonyl (C=O) groups excluding carboxylic acids is 2. The third-order valence-electron chi connectivity index (χ3n) is 16.5. The Balaban J connectivity index is 1.22. The summed E-state index contributed by atoms with van der Waals surface area (Å²) in [7, 11) is -2.89. The lowest BCUT2D eigenvalue weighted by Gasteiger charge is -2.71. The molecule has 0 aromatic heterocycles. The first-order valence-corrected chi connectivity index (χ1v) is 22.3. The highest BCUT2D eigenvalue weighted by Crippen LogP contribution is 2.75. The van der Waals surface area contributed by atoms with E-state index in [1.165, 1.54) is 18.4 Å². The first kappa shape index (κ1) is 39.2. The van der Waals surface area contributed by atoms with Gasteiger partial charge in [0.15, 0.2) is 9.84 Å². The summed E-state index contributed by atoms with van der Waals surface area (Å²) in [5, 5.41) is 3.42. The maximum atomic E-state index is 14.5. The molecule has 0 unspecified atom stereocenters. The molecule has 6 aliphatic rings. The van der Waals surface area contributed by atoms with Crippen molar-refractivity contribution in [3.8, 4) is 0 Å². The van der Waals surface area contributed by atoms with Gasteiger partial charge in [0.1, 0.15) is 12.1 Å². The molecule has 0 aromatic carbocycles. The third-order valence-corrected chi connectivity index (χ3v) is 18.1. The van der Waals surface area contributed by atoms with Crippen LogP contribution in [0.4, 0.5) is 0 Å². The molecule has 1 aliphatic heterocycles. The van der Waals surface area contributed by atoms with Crippen LogP contribution in [0, 0.1) is 50.2 Å². The Morgan fingerprint density at radius 3 is 2.22 bits per heavy atom. The fraction of sp³-hybridized carbons (Fsp3) is 0.905. The van der Waals surface area contributed by atoms with Crippen LogP contribution >= 0.6 is 0 Å². The van der Waals surface area contributed by atoms with E-state index in [9.17, 15) is 18.0 Å². The molecule has 1 amide bonds. The minimum absolute atomic E-state index is 0.0561. The van der Waals surface area contributed by atoms with Crippen LogP contribution in [0.25, 0.3) is 0 Å². The summed E-state index contributed by atoms with van der Waals surface area (Å²) in [5.41, 5.74) is 9.35. The second-order valence-corrected chi connectivity index (χ2v) is 22.8. The van der Waals surface area contributed by atoms with Crippen LogP contribution in [-0.2, 0) is 24.2 Å². The second kappa shape index (κ2) is 13.4. The molecule has 1 saturated heterocycles. The number of ether oxygens (including phenoxy) is 1. The fourth-order valence-electron chi connectivity index (χ4n) is 13.0. The van der Waals surface area contributed by atoms with Crippen molar-refractivity contribution < 1.29 is 22.7 Å². The standard InChI is InChI=1S/C42H71N3O5S/c1-28(2)34(43)35(46)50-33-14-15-39(7)31(38(33,5)6)13-16-41(9)32(39)12-11-29-30-27-37(3,4)17-19-42(30,20-18-40(29,41)8)36(47)44-21-10-22-45-23-25-51(48,49)26-24-45/h28,31-34H,10-27,43H2,1-9H3,(H,44,47)/t31-,32+,33-,34-,39-,40+,41+,42-/m0/s1. The van der Waals surface area contributed by atoms with E-state index in [1.54, 1.807) is 5.57 Å². The van der Waals surface area contributed by atoms with E-state index in [0.29, 0.717) is 31.5 Å². The van der Waals surface area contributed by atoms with Gasteiger partial charge in [-0.15, -0.1) is 0 Å². The van der Waals surface area contributed by atoms with Gasteiger partial charge in [-0.25, -0.2) is 8.42 Å². The highest BCUT2D eigenvalue weighted by molar-refractivity contribution is 7.91. The topological polar surface area (TPSA) is 119 Å².